The van der Waals surface area contributed by atoms with E-state index in [0.29, 0.717) is 17.2 Å². The summed E-state index contributed by atoms with van der Waals surface area (Å²) in [6.07, 6.45) is 0.377. The van der Waals surface area contributed by atoms with Crippen molar-refractivity contribution in [1.82, 2.24) is 10.0 Å². The summed E-state index contributed by atoms with van der Waals surface area (Å²) in [6, 6.07) is 14.0. The lowest BCUT2D eigenvalue weighted by atomic mass is 10.2. The van der Waals surface area contributed by atoms with Gasteiger partial charge in [-0.2, -0.15) is 0 Å². The van der Waals surface area contributed by atoms with Gasteiger partial charge in [0.2, 0.25) is 15.9 Å². The zero-order chi connectivity index (χ0) is 18.3. The molecule has 0 heterocycles. The highest BCUT2D eigenvalue weighted by Gasteiger charge is 2.11. The Hall–Kier alpha value is -1.54. The second kappa shape index (κ2) is 9.24. The van der Waals surface area contributed by atoms with Gasteiger partial charge in [-0.3, -0.25) is 4.79 Å². The monoisotopic (exact) mass is 398 g/mol. The first-order chi connectivity index (χ1) is 11.9. The molecule has 0 radical (unpaired) electrons. The van der Waals surface area contributed by atoms with E-state index >= 15 is 0 Å². The molecule has 0 unspecified atom stereocenters. The third-order valence-corrected chi connectivity index (χ3v) is 6.06. The number of sulfonamides is 1. The summed E-state index contributed by atoms with van der Waals surface area (Å²) < 4.78 is 25.8. The number of halogens is 1. The summed E-state index contributed by atoms with van der Waals surface area (Å²) in [5.41, 5.74) is 0.732. The van der Waals surface area contributed by atoms with Gasteiger partial charge in [0.1, 0.15) is 0 Å². The van der Waals surface area contributed by atoms with Crippen molar-refractivity contribution in [2.24, 2.45) is 0 Å². The number of hydrogen-bond donors (Lipinski definition) is 2. The summed E-state index contributed by atoms with van der Waals surface area (Å²) in [5.74, 6) is 0.574. The van der Waals surface area contributed by atoms with E-state index in [0.717, 1.165) is 10.5 Å². The van der Waals surface area contributed by atoms with Crippen molar-refractivity contribution >= 4 is 39.3 Å². The van der Waals surface area contributed by atoms with Crippen molar-refractivity contribution in [1.29, 1.82) is 0 Å². The smallest absolute Gasteiger partial charge is 0.240 e. The topological polar surface area (TPSA) is 75.3 Å². The first kappa shape index (κ1) is 19.8. The first-order valence-corrected chi connectivity index (χ1v) is 10.4. The van der Waals surface area contributed by atoms with Gasteiger partial charge in [-0.1, -0.05) is 23.7 Å². The van der Waals surface area contributed by atoms with E-state index in [9.17, 15) is 13.2 Å². The van der Waals surface area contributed by atoms with Crippen LogP contribution in [0.4, 0.5) is 0 Å². The van der Waals surface area contributed by atoms with Crippen LogP contribution in [0.1, 0.15) is 12.0 Å². The predicted molar refractivity (Wildman–Crippen MR) is 101 cm³/mol. The van der Waals surface area contributed by atoms with Gasteiger partial charge in [0.15, 0.2) is 0 Å². The maximum absolute atomic E-state index is 11.9. The van der Waals surface area contributed by atoms with E-state index in [1.54, 1.807) is 30.0 Å². The van der Waals surface area contributed by atoms with Crippen molar-refractivity contribution in [2.45, 2.75) is 22.8 Å². The summed E-state index contributed by atoms with van der Waals surface area (Å²) in [7, 11) is -2.12. The fourth-order valence-corrected chi connectivity index (χ4v) is 3.80. The SMILES string of the molecule is CNS(=O)(=O)c1cccc(CNC(=O)CCSc2ccc(Cl)cc2)c1. The molecule has 2 N–H and O–H groups in total. The number of thioether (sulfide) groups is 1. The number of carbonyl (C=O) groups excluding carboxylic acids is 1. The van der Waals surface area contributed by atoms with Crippen LogP contribution in [0.5, 0.6) is 0 Å². The summed E-state index contributed by atoms with van der Waals surface area (Å²) in [6.45, 7) is 0.289. The Morgan fingerprint density at radius 3 is 2.56 bits per heavy atom. The third kappa shape index (κ3) is 6.36. The molecule has 0 atom stereocenters. The molecule has 0 saturated carbocycles. The highest BCUT2D eigenvalue weighted by molar-refractivity contribution is 7.99. The fraction of sp³-hybridized carbons (Fsp3) is 0.235. The number of nitrogens with one attached hydrogen (secondary N) is 2. The fourth-order valence-electron chi connectivity index (χ4n) is 2.02. The zero-order valence-corrected chi connectivity index (χ0v) is 16.0. The molecule has 8 heteroatoms. The number of benzene rings is 2. The molecule has 0 aromatic heterocycles. The van der Waals surface area contributed by atoms with E-state index in [2.05, 4.69) is 10.0 Å². The molecule has 0 aliphatic heterocycles. The van der Waals surface area contributed by atoms with Gasteiger partial charge in [0, 0.05) is 28.6 Å². The molecule has 0 fully saturated rings. The predicted octanol–water partition coefficient (Wildman–Crippen LogP) is 3.05. The van der Waals surface area contributed by atoms with Crippen molar-refractivity contribution in [3.05, 3.63) is 59.1 Å². The van der Waals surface area contributed by atoms with Crippen LogP contribution < -0.4 is 10.0 Å². The van der Waals surface area contributed by atoms with E-state index in [4.69, 9.17) is 11.6 Å². The van der Waals surface area contributed by atoms with Gasteiger partial charge in [-0.05, 0) is 49.0 Å². The van der Waals surface area contributed by atoms with E-state index < -0.39 is 10.0 Å². The van der Waals surface area contributed by atoms with Gasteiger partial charge in [0.05, 0.1) is 4.90 Å². The minimum atomic E-state index is -3.48. The van der Waals surface area contributed by atoms with Crippen LogP contribution in [0.15, 0.2) is 58.3 Å². The number of carbonyl (C=O) groups is 1. The van der Waals surface area contributed by atoms with E-state index in [1.807, 2.05) is 24.3 Å². The average Bonchev–Trinajstić information content (AvgIpc) is 2.62. The second-order valence-electron chi connectivity index (χ2n) is 5.18. The second-order valence-corrected chi connectivity index (χ2v) is 8.68. The molecule has 0 aliphatic rings. The highest BCUT2D eigenvalue weighted by Crippen LogP contribution is 2.20. The van der Waals surface area contributed by atoms with E-state index in [1.165, 1.54) is 13.1 Å². The Balaban J connectivity index is 1.80. The Kier molecular flexibility index (Phi) is 7.31. The molecule has 2 aromatic carbocycles. The molecule has 25 heavy (non-hydrogen) atoms. The number of hydrogen-bond acceptors (Lipinski definition) is 4. The van der Waals surface area contributed by atoms with Crippen LogP contribution in [0.3, 0.4) is 0 Å². The van der Waals surface area contributed by atoms with Crippen LogP contribution in [0, 0.1) is 0 Å². The maximum Gasteiger partial charge on any atom is 0.240 e. The van der Waals surface area contributed by atoms with Crippen LogP contribution in [0.2, 0.25) is 5.02 Å². The quantitative estimate of drug-likeness (QED) is 0.670. The Labute approximate surface area is 157 Å². The van der Waals surface area contributed by atoms with Crippen molar-refractivity contribution in [3.63, 3.8) is 0 Å². The minimum absolute atomic E-state index is 0.0802. The lowest BCUT2D eigenvalue weighted by Gasteiger charge is -2.08. The normalized spacial score (nSPS) is 11.3. The van der Waals surface area contributed by atoms with Gasteiger partial charge < -0.3 is 5.32 Å². The van der Waals surface area contributed by atoms with Crippen LogP contribution >= 0.6 is 23.4 Å². The molecule has 0 aliphatic carbocycles. The Bertz CT molecular complexity index is 824. The maximum atomic E-state index is 11.9. The molecule has 2 rings (SSSR count). The van der Waals surface area contributed by atoms with Crippen LogP contribution in [0.25, 0.3) is 0 Å². The Morgan fingerprint density at radius 1 is 1.16 bits per heavy atom. The number of rotatable bonds is 8. The zero-order valence-electron chi connectivity index (χ0n) is 13.7. The van der Waals surface area contributed by atoms with Gasteiger partial charge in [0.25, 0.3) is 0 Å². The molecular formula is C17H19ClN2O3S2. The van der Waals surface area contributed by atoms with Crippen molar-refractivity contribution in [3.8, 4) is 0 Å². The molecule has 134 valence electrons. The summed E-state index contributed by atoms with van der Waals surface area (Å²) in [4.78, 5) is 13.2. The molecule has 0 saturated heterocycles. The number of amides is 1. The molecule has 2 aromatic rings. The summed E-state index contributed by atoms with van der Waals surface area (Å²) >= 11 is 7.41. The van der Waals surface area contributed by atoms with E-state index in [-0.39, 0.29) is 17.3 Å². The lowest BCUT2D eigenvalue weighted by molar-refractivity contribution is -0.120. The summed E-state index contributed by atoms with van der Waals surface area (Å²) in [5, 5.41) is 3.49. The molecule has 0 spiro atoms. The van der Waals surface area contributed by atoms with Crippen molar-refractivity contribution in [2.75, 3.05) is 12.8 Å². The lowest BCUT2D eigenvalue weighted by Crippen LogP contribution is -2.23. The third-order valence-electron chi connectivity index (χ3n) is 3.38. The molecule has 1 amide bonds. The van der Waals surface area contributed by atoms with Gasteiger partial charge in [-0.15, -0.1) is 11.8 Å². The standard InChI is InChI=1S/C17H19ClN2O3S2/c1-19-25(22,23)16-4-2-3-13(11-16)12-20-17(21)9-10-24-15-7-5-14(18)6-8-15/h2-8,11,19H,9-10,12H2,1H3,(H,20,21). The Morgan fingerprint density at radius 2 is 1.88 bits per heavy atom. The largest absolute Gasteiger partial charge is 0.352 e. The van der Waals surface area contributed by atoms with Crippen LogP contribution in [-0.4, -0.2) is 27.1 Å². The van der Waals surface area contributed by atoms with Gasteiger partial charge in [-0.25, -0.2) is 13.1 Å². The minimum Gasteiger partial charge on any atom is -0.352 e. The van der Waals surface area contributed by atoms with Crippen molar-refractivity contribution < 1.29 is 13.2 Å². The van der Waals surface area contributed by atoms with Gasteiger partial charge >= 0.3 is 0 Å². The first-order valence-electron chi connectivity index (χ1n) is 7.58. The average molecular weight is 399 g/mol. The highest BCUT2D eigenvalue weighted by atomic mass is 35.5. The molecular weight excluding hydrogens is 380 g/mol. The van der Waals surface area contributed by atoms with Crippen LogP contribution in [-0.2, 0) is 21.4 Å². The molecule has 0 bridgehead atoms. The molecule has 5 nitrogen and oxygen atoms in total.